The second kappa shape index (κ2) is 31.6. The fourth-order valence-corrected chi connectivity index (χ4v) is 18.7. The van der Waals surface area contributed by atoms with Gasteiger partial charge in [0.05, 0.1) is 16.9 Å². The van der Waals surface area contributed by atoms with Gasteiger partial charge in [0.25, 0.3) is 0 Å². The molecule has 5 heterocycles. The van der Waals surface area contributed by atoms with Crippen LogP contribution in [0.5, 0.6) is 0 Å². The summed E-state index contributed by atoms with van der Waals surface area (Å²) in [6.45, 7) is 4.68. The van der Waals surface area contributed by atoms with Crippen molar-refractivity contribution in [1.29, 1.82) is 0 Å². The molecule has 0 fully saturated rings. The zero-order chi connectivity index (χ0) is 84.5. The van der Waals surface area contributed by atoms with Crippen molar-refractivity contribution in [2.24, 2.45) is 0 Å². The molecular formula is C117H76N10. The van der Waals surface area contributed by atoms with Crippen LogP contribution in [0.4, 0.5) is 0 Å². The van der Waals surface area contributed by atoms with E-state index in [1.54, 1.807) is 6.20 Å². The lowest BCUT2D eigenvalue weighted by Crippen LogP contribution is -2.15. The van der Waals surface area contributed by atoms with Crippen molar-refractivity contribution < 1.29 is 0 Å². The molecule has 0 N–H and O–H groups in total. The van der Waals surface area contributed by atoms with Crippen LogP contribution in [-0.2, 0) is 5.41 Å². The van der Waals surface area contributed by atoms with Crippen molar-refractivity contribution >= 4 is 108 Å². The zero-order valence-electron chi connectivity index (χ0n) is 69.4. The largest absolute Gasteiger partial charge is 0.264 e. The van der Waals surface area contributed by atoms with Crippen LogP contribution in [0.2, 0.25) is 0 Å². The third kappa shape index (κ3) is 13.7. The zero-order valence-corrected chi connectivity index (χ0v) is 69.4. The summed E-state index contributed by atoms with van der Waals surface area (Å²) in [5.74, 6) is 4.67. The van der Waals surface area contributed by atoms with Gasteiger partial charge in [0.15, 0.2) is 40.8 Å². The number of pyridine rings is 2. The smallest absolute Gasteiger partial charge is 0.164 e. The highest BCUT2D eigenvalue weighted by Gasteiger charge is 2.36. The molecule has 10 heteroatoms. The SMILES string of the molecule is CC1(C)c2cc(-c3ccccc3)cc3ccc4cc(-c5nc(-c6ccccc6)nc(-c6ccccc6)n5)cc1c4c23.c1ccc2c(-c3ccc(-c4nc(-c5cc6ccccc6c6ccccc56)nc(-c5cc6ccccc6c6ccccc56)n4)cc3)nccc2c1.c1cncc(-c2ccc(-c3nc(-c4cccc5ccccc45)c4ccc5ccccc5c4n3)cc2)c1. The van der Waals surface area contributed by atoms with Gasteiger partial charge in [-0.2, -0.15) is 0 Å². The monoisotopic (exact) mass is 1620 g/mol. The maximum atomic E-state index is 5.28. The van der Waals surface area contributed by atoms with E-state index in [1.807, 2.05) is 60.9 Å². The van der Waals surface area contributed by atoms with Crippen molar-refractivity contribution in [2.45, 2.75) is 19.3 Å². The van der Waals surface area contributed by atoms with Gasteiger partial charge in [0.2, 0.25) is 0 Å². The predicted molar refractivity (Wildman–Crippen MR) is 524 cm³/mol. The van der Waals surface area contributed by atoms with Gasteiger partial charge in [-0.05, 0) is 174 Å². The Morgan fingerprint density at radius 1 is 0.189 bits per heavy atom. The van der Waals surface area contributed by atoms with E-state index in [2.05, 4.69) is 377 Å². The third-order valence-electron chi connectivity index (χ3n) is 25.0. The van der Waals surface area contributed by atoms with Gasteiger partial charge in [-0.3, -0.25) is 9.97 Å². The molecule has 0 saturated carbocycles. The summed E-state index contributed by atoms with van der Waals surface area (Å²) in [7, 11) is 0. The normalized spacial score (nSPS) is 12.1. The van der Waals surface area contributed by atoms with Crippen LogP contribution in [0.1, 0.15) is 25.0 Å². The first kappa shape index (κ1) is 75.2. The van der Waals surface area contributed by atoms with Crippen LogP contribution >= 0.6 is 0 Å². The molecule has 1 aliphatic rings. The maximum absolute atomic E-state index is 5.28. The minimum atomic E-state index is -0.168. The summed E-state index contributed by atoms with van der Waals surface area (Å²) in [6, 6.07) is 142. The van der Waals surface area contributed by atoms with Gasteiger partial charge in [-0.1, -0.05) is 366 Å². The number of aromatic nitrogens is 10. The second-order valence-corrected chi connectivity index (χ2v) is 32.9. The van der Waals surface area contributed by atoms with Gasteiger partial charge < -0.3 is 0 Å². The number of benzene rings is 19. The van der Waals surface area contributed by atoms with E-state index in [4.69, 9.17) is 44.9 Å². The van der Waals surface area contributed by atoms with Crippen molar-refractivity contribution in [3.8, 4) is 124 Å². The molecule has 25 rings (SSSR count). The first-order chi connectivity index (χ1) is 62.7. The van der Waals surface area contributed by atoms with Gasteiger partial charge in [-0.25, -0.2) is 39.9 Å². The molecule has 0 atom stereocenters. The molecule has 0 amide bonds. The number of hydrogen-bond donors (Lipinski definition) is 0. The number of nitrogens with zero attached hydrogens (tertiary/aromatic N) is 10. The molecule has 0 saturated heterocycles. The quantitative estimate of drug-likeness (QED) is 0.115. The van der Waals surface area contributed by atoms with Crippen LogP contribution in [0.3, 0.4) is 0 Å². The molecule has 19 aromatic carbocycles. The van der Waals surface area contributed by atoms with Crippen molar-refractivity contribution in [2.75, 3.05) is 0 Å². The predicted octanol–water partition coefficient (Wildman–Crippen LogP) is 29.5. The van der Waals surface area contributed by atoms with Gasteiger partial charge in [-0.15, -0.1) is 0 Å². The number of hydrogen-bond acceptors (Lipinski definition) is 10. The van der Waals surface area contributed by atoms with Crippen molar-refractivity contribution in [3.63, 3.8) is 0 Å². The highest BCUT2D eigenvalue weighted by Crippen LogP contribution is 2.52. The molecule has 1 aliphatic carbocycles. The molecular weight excluding hydrogens is 1550 g/mol. The molecule has 24 aromatic rings. The molecule has 5 aromatic heterocycles. The average Bonchev–Trinajstić information content (AvgIpc) is 1.53. The van der Waals surface area contributed by atoms with Crippen molar-refractivity contribution in [1.82, 2.24) is 49.8 Å². The van der Waals surface area contributed by atoms with E-state index in [-0.39, 0.29) is 5.41 Å². The molecule has 10 nitrogen and oxygen atoms in total. The Balaban J connectivity index is 0.000000111. The van der Waals surface area contributed by atoms with Crippen molar-refractivity contribution in [3.05, 3.63) is 436 Å². The molecule has 0 spiro atoms. The molecule has 0 bridgehead atoms. The van der Waals surface area contributed by atoms with Crippen LogP contribution in [0, 0.1) is 0 Å². The summed E-state index contributed by atoms with van der Waals surface area (Å²) in [6.07, 6.45) is 5.55. The summed E-state index contributed by atoms with van der Waals surface area (Å²) < 4.78 is 0. The lowest BCUT2D eigenvalue weighted by Gasteiger charge is -2.23. The standard InChI is InChI=1S/C46H28N4.C38H27N3.C33H21N3/c1-6-16-36-29(11-1)25-26-47-43(36)30-21-23-31(24-22-30)44-48-45(41-27-32-12-2-4-14-34(32)37-17-7-9-19-39(37)41)50-46(49-44)42-28-33-13-3-5-15-35(33)38-18-8-10-20-40(38)42;1-38(2)31-22-29(24-12-6-3-7-13-24)20-27-18-19-28-21-30(23-32(38)34(28)33(27)31)37-40-35(25-14-8-4-9-15-25)39-36(41-37)26-16-10-5-11-17-26;1-3-11-27-23(7-1)9-5-13-29(27)32-30-19-18-24-8-2-4-12-28(24)31(30)35-33(36-32)25-16-14-22(15-17-25)26-10-6-20-34-21-26/h1-28H;3-23H,1-2H3;1-21H. The Morgan fingerprint density at radius 2 is 0.575 bits per heavy atom. The summed E-state index contributed by atoms with van der Waals surface area (Å²) in [5.41, 5.74) is 19.1. The van der Waals surface area contributed by atoms with E-state index < -0.39 is 0 Å². The van der Waals surface area contributed by atoms with Crippen LogP contribution < -0.4 is 0 Å². The van der Waals surface area contributed by atoms with Crippen LogP contribution in [0.25, 0.3) is 232 Å². The average molecular weight is 1620 g/mol. The van der Waals surface area contributed by atoms with E-state index in [0.717, 1.165) is 122 Å². The van der Waals surface area contributed by atoms with E-state index in [9.17, 15) is 0 Å². The van der Waals surface area contributed by atoms with E-state index in [1.165, 1.54) is 86.9 Å². The summed E-state index contributed by atoms with van der Waals surface area (Å²) in [4.78, 5) is 49.9. The number of fused-ring (bicyclic) bond motifs is 11. The fourth-order valence-electron chi connectivity index (χ4n) is 18.7. The Bertz CT molecular complexity index is 8260. The lowest BCUT2D eigenvalue weighted by atomic mass is 9.80. The highest BCUT2D eigenvalue weighted by atomic mass is 15.0. The van der Waals surface area contributed by atoms with E-state index in [0.29, 0.717) is 34.9 Å². The van der Waals surface area contributed by atoms with Gasteiger partial charge in [0.1, 0.15) is 0 Å². The third-order valence-corrected chi connectivity index (χ3v) is 25.0. The Kier molecular flexibility index (Phi) is 18.7. The van der Waals surface area contributed by atoms with E-state index >= 15 is 0 Å². The molecule has 0 unspecified atom stereocenters. The first-order valence-electron chi connectivity index (χ1n) is 42.9. The fraction of sp³-hybridized carbons (Fsp3) is 0.0256. The number of rotatable bonds is 11. The molecule has 127 heavy (non-hydrogen) atoms. The minimum Gasteiger partial charge on any atom is -0.264 e. The topological polar surface area (TPSA) is 129 Å². The molecule has 0 aliphatic heterocycles. The van der Waals surface area contributed by atoms with Crippen LogP contribution in [0.15, 0.2) is 425 Å². The first-order valence-corrected chi connectivity index (χ1v) is 42.9. The Labute approximate surface area is 732 Å². The maximum Gasteiger partial charge on any atom is 0.164 e. The minimum absolute atomic E-state index is 0.168. The second-order valence-electron chi connectivity index (χ2n) is 32.9. The van der Waals surface area contributed by atoms with Crippen LogP contribution in [-0.4, -0.2) is 49.8 Å². The van der Waals surface area contributed by atoms with Gasteiger partial charge >= 0.3 is 0 Å². The molecule has 594 valence electrons. The van der Waals surface area contributed by atoms with Gasteiger partial charge in [0, 0.05) is 90.2 Å². The summed E-state index contributed by atoms with van der Waals surface area (Å²) in [5, 5.41) is 22.5. The Morgan fingerprint density at radius 3 is 1.13 bits per heavy atom. The Hall–Kier alpha value is -16.8. The molecule has 0 radical (unpaired) electrons. The highest BCUT2D eigenvalue weighted by molar-refractivity contribution is 6.19. The summed E-state index contributed by atoms with van der Waals surface area (Å²) >= 11 is 0. The lowest BCUT2D eigenvalue weighted by molar-refractivity contribution is 0.663.